The Labute approximate surface area is 194 Å². The number of carbonyl (C=O) groups excluding carboxylic acids is 1. The predicted molar refractivity (Wildman–Crippen MR) is 123 cm³/mol. The van der Waals surface area contributed by atoms with Gasteiger partial charge in [0.15, 0.2) is 6.61 Å². The van der Waals surface area contributed by atoms with Crippen molar-refractivity contribution in [2.24, 2.45) is 17.8 Å². The molecular weight excluding hydrogens is 422 g/mol. The number of hydrogen-bond donors (Lipinski definition) is 4. The van der Waals surface area contributed by atoms with Gasteiger partial charge in [0.1, 0.15) is 5.75 Å². The third-order valence-electron chi connectivity index (χ3n) is 7.28. The molecule has 5 atom stereocenters. The van der Waals surface area contributed by atoms with Crippen molar-refractivity contribution in [2.75, 3.05) is 11.9 Å². The summed E-state index contributed by atoms with van der Waals surface area (Å²) in [6.45, 7) is 2.04. The van der Waals surface area contributed by atoms with E-state index in [-0.39, 0.29) is 36.6 Å². The molecule has 1 fully saturated rings. The molecule has 1 amide bonds. The minimum absolute atomic E-state index is 0.133. The van der Waals surface area contributed by atoms with Gasteiger partial charge < -0.3 is 14.9 Å². The number of unbranched alkanes of at least 4 members (excludes halogenated alkanes) is 2. The second-order valence-corrected chi connectivity index (χ2v) is 9.51. The van der Waals surface area contributed by atoms with Crippen molar-refractivity contribution < 1.29 is 19.7 Å². The minimum Gasteiger partial charge on any atom is -0.483 e. The lowest BCUT2D eigenvalue weighted by molar-refractivity contribution is -0.118. The zero-order chi connectivity index (χ0) is 23.2. The SMILES string of the molecule is CCCCCC(O)CCC1C(O)CC2Cc3c(cccc3OCC(=O)Nc3nnn[nH]3)CC21. The summed E-state index contributed by atoms with van der Waals surface area (Å²) < 4.78 is 5.85. The van der Waals surface area contributed by atoms with Gasteiger partial charge in [0.2, 0.25) is 5.95 Å². The lowest BCUT2D eigenvalue weighted by atomic mass is 9.73. The van der Waals surface area contributed by atoms with Crippen LogP contribution in [0.5, 0.6) is 5.75 Å². The Kier molecular flexibility index (Phi) is 7.93. The highest BCUT2D eigenvalue weighted by atomic mass is 16.5. The Morgan fingerprint density at radius 3 is 2.97 bits per heavy atom. The summed E-state index contributed by atoms with van der Waals surface area (Å²) in [5, 5.41) is 36.7. The number of aromatic amines is 1. The van der Waals surface area contributed by atoms with E-state index in [1.165, 1.54) is 5.56 Å². The van der Waals surface area contributed by atoms with Gasteiger partial charge in [0.05, 0.1) is 12.2 Å². The summed E-state index contributed by atoms with van der Waals surface area (Å²) in [6.07, 6.45) is 7.83. The summed E-state index contributed by atoms with van der Waals surface area (Å²) in [7, 11) is 0. The highest BCUT2D eigenvalue weighted by Crippen LogP contribution is 2.48. The molecule has 9 heteroatoms. The summed E-state index contributed by atoms with van der Waals surface area (Å²) >= 11 is 0. The Morgan fingerprint density at radius 1 is 1.30 bits per heavy atom. The van der Waals surface area contributed by atoms with E-state index in [1.54, 1.807) is 0 Å². The highest BCUT2D eigenvalue weighted by molar-refractivity contribution is 5.90. The van der Waals surface area contributed by atoms with E-state index >= 15 is 0 Å². The number of nitrogens with one attached hydrogen (secondary N) is 2. The summed E-state index contributed by atoms with van der Waals surface area (Å²) in [5.41, 5.74) is 2.37. The molecule has 1 aromatic carbocycles. The molecule has 2 aliphatic carbocycles. The first-order valence-electron chi connectivity index (χ1n) is 12.2. The maximum Gasteiger partial charge on any atom is 0.264 e. The number of hydrogen-bond acceptors (Lipinski definition) is 7. The number of H-pyrrole nitrogens is 1. The van der Waals surface area contributed by atoms with Gasteiger partial charge in [-0.2, -0.15) is 0 Å². The zero-order valence-corrected chi connectivity index (χ0v) is 19.2. The number of fused-ring (bicyclic) bond motifs is 2. The fourth-order valence-corrected chi connectivity index (χ4v) is 5.62. The number of amides is 1. The van der Waals surface area contributed by atoms with Crippen LogP contribution in [0.2, 0.25) is 0 Å². The van der Waals surface area contributed by atoms with Crippen molar-refractivity contribution in [1.82, 2.24) is 20.6 Å². The molecule has 180 valence electrons. The lowest BCUT2D eigenvalue weighted by Crippen LogP contribution is -2.28. The number of aromatic nitrogens is 4. The molecule has 0 spiro atoms. The normalized spacial score (nSPS) is 24.7. The molecule has 4 N–H and O–H groups in total. The molecule has 9 nitrogen and oxygen atoms in total. The van der Waals surface area contributed by atoms with E-state index < -0.39 is 0 Å². The fourth-order valence-electron chi connectivity index (χ4n) is 5.62. The molecule has 4 rings (SSSR count). The van der Waals surface area contributed by atoms with E-state index in [4.69, 9.17) is 4.74 Å². The maximum atomic E-state index is 12.1. The van der Waals surface area contributed by atoms with Crippen LogP contribution in [0.4, 0.5) is 5.95 Å². The summed E-state index contributed by atoms with van der Waals surface area (Å²) in [6, 6.07) is 5.99. The molecule has 0 radical (unpaired) electrons. The van der Waals surface area contributed by atoms with Gasteiger partial charge in [0, 0.05) is 0 Å². The molecule has 0 aliphatic heterocycles. The molecule has 1 heterocycles. The third kappa shape index (κ3) is 5.89. The fraction of sp³-hybridized carbons (Fsp3) is 0.667. The van der Waals surface area contributed by atoms with Crippen LogP contribution in [0.25, 0.3) is 0 Å². The van der Waals surface area contributed by atoms with Crippen LogP contribution in [0.15, 0.2) is 18.2 Å². The van der Waals surface area contributed by atoms with Crippen molar-refractivity contribution in [3.8, 4) is 5.75 Å². The largest absolute Gasteiger partial charge is 0.483 e. The van der Waals surface area contributed by atoms with Gasteiger partial charge in [-0.3, -0.25) is 10.1 Å². The Balaban J connectivity index is 1.35. The van der Waals surface area contributed by atoms with Crippen molar-refractivity contribution in [1.29, 1.82) is 0 Å². The van der Waals surface area contributed by atoms with Crippen molar-refractivity contribution >= 4 is 11.9 Å². The molecule has 2 aliphatic rings. The topological polar surface area (TPSA) is 133 Å². The monoisotopic (exact) mass is 457 g/mol. The van der Waals surface area contributed by atoms with Crippen molar-refractivity contribution in [2.45, 2.75) is 76.9 Å². The number of nitrogens with zero attached hydrogens (tertiary/aromatic N) is 3. The molecule has 2 aromatic rings. The van der Waals surface area contributed by atoms with Crippen LogP contribution < -0.4 is 10.1 Å². The number of benzene rings is 1. The second-order valence-electron chi connectivity index (χ2n) is 9.51. The average molecular weight is 458 g/mol. The summed E-state index contributed by atoms with van der Waals surface area (Å²) in [5.74, 6) is 1.62. The van der Waals surface area contributed by atoms with Gasteiger partial charge >= 0.3 is 0 Å². The number of carbonyl (C=O) groups is 1. The molecular formula is C24H35N5O4. The summed E-state index contributed by atoms with van der Waals surface area (Å²) in [4.78, 5) is 12.1. The van der Waals surface area contributed by atoms with E-state index in [9.17, 15) is 15.0 Å². The Bertz CT molecular complexity index is 906. The molecule has 1 saturated carbocycles. The highest BCUT2D eigenvalue weighted by Gasteiger charge is 2.44. The number of tetrazole rings is 1. The van der Waals surface area contributed by atoms with Crippen LogP contribution >= 0.6 is 0 Å². The zero-order valence-electron chi connectivity index (χ0n) is 19.2. The maximum absolute atomic E-state index is 12.1. The number of aliphatic hydroxyl groups excluding tert-OH is 2. The van der Waals surface area contributed by atoms with E-state index in [2.05, 4.69) is 38.9 Å². The lowest BCUT2D eigenvalue weighted by Gasteiger charge is -2.32. The van der Waals surface area contributed by atoms with E-state index in [0.29, 0.717) is 11.8 Å². The van der Waals surface area contributed by atoms with E-state index in [1.807, 2.05) is 12.1 Å². The first kappa shape index (κ1) is 23.6. The van der Waals surface area contributed by atoms with Gasteiger partial charge in [0.25, 0.3) is 5.91 Å². The van der Waals surface area contributed by atoms with Crippen LogP contribution in [0.3, 0.4) is 0 Å². The smallest absolute Gasteiger partial charge is 0.264 e. The second kappa shape index (κ2) is 11.1. The van der Waals surface area contributed by atoms with Crippen molar-refractivity contribution in [3.05, 3.63) is 29.3 Å². The number of rotatable bonds is 11. The number of ether oxygens (including phenoxy) is 1. The molecule has 5 unspecified atom stereocenters. The molecule has 0 saturated heterocycles. The molecule has 33 heavy (non-hydrogen) atoms. The number of aliphatic hydroxyl groups is 2. The van der Waals surface area contributed by atoms with Gasteiger partial charge in [-0.1, -0.05) is 43.4 Å². The van der Waals surface area contributed by atoms with Crippen LogP contribution in [-0.4, -0.2) is 55.6 Å². The van der Waals surface area contributed by atoms with Gasteiger partial charge in [-0.25, -0.2) is 5.10 Å². The van der Waals surface area contributed by atoms with Crippen molar-refractivity contribution in [3.63, 3.8) is 0 Å². The van der Waals surface area contributed by atoms with E-state index in [0.717, 1.165) is 69.1 Å². The van der Waals surface area contributed by atoms with Gasteiger partial charge in [-0.15, -0.1) is 0 Å². The predicted octanol–water partition coefficient (Wildman–Crippen LogP) is 2.65. The number of anilines is 1. The van der Waals surface area contributed by atoms with Crippen LogP contribution in [0.1, 0.15) is 63.0 Å². The average Bonchev–Trinajstić information content (AvgIpc) is 3.41. The minimum atomic E-state index is -0.339. The quantitative estimate of drug-likeness (QED) is 0.381. The standard InChI is InChI=1S/C24H35N5O4/c1-2-3-4-7-17(30)9-10-18-19-11-15-6-5-8-22(20(15)12-16(19)13-21(18)31)33-14-23(32)25-24-26-28-29-27-24/h5-6,8,16-19,21,30-31H,2-4,7,9-14H2,1H3,(H2,25,26,27,28,29,32). The first-order chi connectivity index (χ1) is 16.0. The third-order valence-corrected chi connectivity index (χ3v) is 7.28. The Morgan fingerprint density at radius 2 is 2.18 bits per heavy atom. The first-order valence-corrected chi connectivity index (χ1v) is 12.2. The molecule has 0 bridgehead atoms. The van der Waals surface area contributed by atoms with Gasteiger partial charge in [-0.05, 0) is 83.9 Å². The molecule has 1 aromatic heterocycles. The Hall–Kier alpha value is -2.52. The van der Waals surface area contributed by atoms with Crippen LogP contribution in [-0.2, 0) is 17.6 Å². The van der Waals surface area contributed by atoms with Crippen LogP contribution in [0, 0.1) is 17.8 Å².